The molecular weight excluding hydrogens is 198 g/mol. The minimum absolute atomic E-state index is 0.0744. The van der Waals surface area contributed by atoms with E-state index < -0.39 is 0 Å². The summed E-state index contributed by atoms with van der Waals surface area (Å²) in [5.74, 6) is 0.400. The molecule has 1 aliphatic rings. The molecule has 0 saturated heterocycles. The molecule has 1 rings (SSSR count). The summed E-state index contributed by atoms with van der Waals surface area (Å²) in [6.45, 7) is 3.02. The Morgan fingerprint density at radius 2 is 2.29 bits per heavy atom. The van der Waals surface area contributed by atoms with E-state index >= 15 is 0 Å². The normalized spacial score (nSPS) is 20.2. The molecule has 1 saturated carbocycles. The zero-order valence-corrected chi connectivity index (χ0v) is 9.89. The van der Waals surface area contributed by atoms with Gasteiger partial charge in [0.15, 0.2) is 0 Å². The molecule has 82 valence electrons. The zero-order valence-electron chi connectivity index (χ0n) is 9.08. The van der Waals surface area contributed by atoms with Crippen LogP contribution in [0.1, 0.15) is 19.8 Å². The molecule has 0 heterocycles. The Balaban J connectivity index is 2.32. The van der Waals surface area contributed by atoms with Crippen LogP contribution >= 0.6 is 11.8 Å². The molecule has 2 atom stereocenters. The van der Waals surface area contributed by atoms with E-state index in [0.717, 1.165) is 19.4 Å². The van der Waals surface area contributed by atoms with Crippen LogP contribution in [0.25, 0.3) is 0 Å². The van der Waals surface area contributed by atoms with E-state index in [0.29, 0.717) is 11.2 Å². The summed E-state index contributed by atoms with van der Waals surface area (Å²) in [7, 11) is 1.46. The van der Waals surface area contributed by atoms with Crippen molar-refractivity contribution in [3.8, 4) is 0 Å². The quantitative estimate of drug-likeness (QED) is 0.680. The van der Waals surface area contributed by atoms with Gasteiger partial charge in [-0.05, 0) is 25.0 Å². The third kappa shape index (κ3) is 3.50. The van der Waals surface area contributed by atoms with Crippen molar-refractivity contribution in [3.63, 3.8) is 0 Å². The molecule has 0 aromatic rings. The maximum Gasteiger partial charge on any atom is 0.323 e. The Hall–Kier alpha value is -0.220. The van der Waals surface area contributed by atoms with Gasteiger partial charge < -0.3 is 10.1 Å². The Labute approximate surface area is 90.0 Å². The first-order chi connectivity index (χ1) is 6.69. The average Bonchev–Trinajstić information content (AvgIpc) is 3.01. The van der Waals surface area contributed by atoms with E-state index in [1.165, 1.54) is 7.11 Å². The van der Waals surface area contributed by atoms with Gasteiger partial charge in [-0.3, -0.25) is 4.79 Å². The molecule has 4 heteroatoms. The number of esters is 1. The molecule has 0 bridgehead atoms. The number of nitrogens with one attached hydrogen (secondary N) is 1. The molecule has 1 fully saturated rings. The standard InChI is InChI=1S/C10H19NO2S/c1-7(14-3)6-11-9(8-4-5-8)10(12)13-2/h7-9,11H,4-6H2,1-3H3. The summed E-state index contributed by atoms with van der Waals surface area (Å²) in [6.07, 6.45) is 4.39. The molecule has 0 amide bonds. The maximum atomic E-state index is 11.4. The summed E-state index contributed by atoms with van der Waals surface area (Å²) in [6, 6.07) is -0.0744. The van der Waals surface area contributed by atoms with Crippen LogP contribution in [0.5, 0.6) is 0 Å². The zero-order chi connectivity index (χ0) is 10.6. The fourth-order valence-electron chi connectivity index (χ4n) is 1.38. The molecule has 0 aromatic carbocycles. The van der Waals surface area contributed by atoms with Crippen molar-refractivity contribution in [2.45, 2.75) is 31.1 Å². The Kier molecular flexibility index (Phi) is 4.75. The number of methoxy groups -OCH3 is 1. The second-order valence-electron chi connectivity index (χ2n) is 3.79. The molecular formula is C10H19NO2S. The molecule has 14 heavy (non-hydrogen) atoms. The monoisotopic (exact) mass is 217 g/mol. The fraction of sp³-hybridized carbons (Fsp3) is 0.900. The second kappa shape index (κ2) is 5.61. The number of hydrogen-bond donors (Lipinski definition) is 1. The van der Waals surface area contributed by atoms with Gasteiger partial charge in [-0.15, -0.1) is 0 Å². The number of hydrogen-bond acceptors (Lipinski definition) is 4. The molecule has 2 unspecified atom stereocenters. The number of carbonyl (C=O) groups excluding carboxylic acids is 1. The minimum atomic E-state index is -0.110. The predicted octanol–water partition coefficient (Wildman–Crippen LogP) is 1.28. The lowest BCUT2D eigenvalue weighted by molar-refractivity contribution is -0.143. The number of thioether (sulfide) groups is 1. The summed E-state index contributed by atoms with van der Waals surface area (Å²) < 4.78 is 4.77. The van der Waals surface area contributed by atoms with Crippen LogP contribution in [-0.4, -0.2) is 37.2 Å². The van der Waals surface area contributed by atoms with E-state index in [2.05, 4.69) is 18.5 Å². The number of rotatable bonds is 6. The third-order valence-electron chi connectivity index (χ3n) is 2.58. The van der Waals surface area contributed by atoms with Crippen LogP contribution in [0.15, 0.2) is 0 Å². The highest BCUT2D eigenvalue weighted by Gasteiger charge is 2.36. The first kappa shape index (κ1) is 11.9. The molecule has 0 radical (unpaired) electrons. The average molecular weight is 217 g/mol. The minimum Gasteiger partial charge on any atom is -0.468 e. The van der Waals surface area contributed by atoms with Crippen molar-refractivity contribution < 1.29 is 9.53 Å². The van der Waals surface area contributed by atoms with Crippen LogP contribution in [0.3, 0.4) is 0 Å². The number of carbonyl (C=O) groups is 1. The van der Waals surface area contributed by atoms with Gasteiger partial charge in [0.2, 0.25) is 0 Å². The Morgan fingerprint density at radius 1 is 1.64 bits per heavy atom. The van der Waals surface area contributed by atoms with Crippen molar-refractivity contribution in [2.24, 2.45) is 5.92 Å². The predicted molar refractivity (Wildman–Crippen MR) is 59.5 cm³/mol. The van der Waals surface area contributed by atoms with E-state index in [9.17, 15) is 4.79 Å². The van der Waals surface area contributed by atoms with Gasteiger partial charge in [0, 0.05) is 11.8 Å². The summed E-state index contributed by atoms with van der Waals surface area (Å²) in [5, 5.41) is 3.83. The van der Waals surface area contributed by atoms with E-state index in [1.807, 2.05) is 0 Å². The van der Waals surface area contributed by atoms with Gasteiger partial charge in [0.25, 0.3) is 0 Å². The van der Waals surface area contributed by atoms with E-state index in [1.54, 1.807) is 11.8 Å². The SMILES string of the molecule is COC(=O)C(NCC(C)SC)C1CC1. The van der Waals surface area contributed by atoms with Crippen molar-refractivity contribution >= 4 is 17.7 Å². The number of ether oxygens (including phenoxy) is 1. The van der Waals surface area contributed by atoms with Crippen molar-refractivity contribution in [3.05, 3.63) is 0 Å². The first-order valence-electron chi connectivity index (χ1n) is 5.03. The van der Waals surface area contributed by atoms with Gasteiger partial charge in [-0.2, -0.15) is 11.8 Å². The third-order valence-corrected chi connectivity index (χ3v) is 3.55. The molecule has 3 nitrogen and oxygen atoms in total. The molecule has 1 aliphatic carbocycles. The van der Waals surface area contributed by atoms with Gasteiger partial charge >= 0.3 is 5.97 Å². The summed E-state index contributed by atoms with van der Waals surface area (Å²) in [4.78, 5) is 11.4. The first-order valence-corrected chi connectivity index (χ1v) is 6.31. The van der Waals surface area contributed by atoms with Crippen LogP contribution < -0.4 is 5.32 Å². The highest BCUT2D eigenvalue weighted by molar-refractivity contribution is 7.99. The van der Waals surface area contributed by atoms with Gasteiger partial charge in [0.05, 0.1) is 7.11 Å². The highest BCUT2D eigenvalue weighted by Crippen LogP contribution is 2.33. The lowest BCUT2D eigenvalue weighted by Crippen LogP contribution is -2.42. The lowest BCUT2D eigenvalue weighted by atomic mass is 10.2. The Morgan fingerprint density at radius 3 is 2.71 bits per heavy atom. The summed E-state index contributed by atoms with van der Waals surface area (Å²) in [5.41, 5.74) is 0. The van der Waals surface area contributed by atoms with Crippen molar-refractivity contribution in [1.82, 2.24) is 5.32 Å². The summed E-state index contributed by atoms with van der Waals surface area (Å²) >= 11 is 1.80. The molecule has 1 N–H and O–H groups in total. The lowest BCUT2D eigenvalue weighted by Gasteiger charge is -2.17. The van der Waals surface area contributed by atoms with Crippen molar-refractivity contribution in [1.29, 1.82) is 0 Å². The second-order valence-corrected chi connectivity index (χ2v) is 5.07. The van der Waals surface area contributed by atoms with Crippen LogP contribution in [0, 0.1) is 5.92 Å². The molecule has 0 aromatic heterocycles. The van der Waals surface area contributed by atoms with Crippen LogP contribution in [0.4, 0.5) is 0 Å². The van der Waals surface area contributed by atoms with Gasteiger partial charge in [0.1, 0.15) is 6.04 Å². The van der Waals surface area contributed by atoms with E-state index in [4.69, 9.17) is 4.74 Å². The molecule has 0 aliphatic heterocycles. The van der Waals surface area contributed by atoms with E-state index in [-0.39, 0.29) is 12.0 Å². The largest absolute Gasteiger partial charge is 0.468 e. The van der Waals surface area contributed by atoms with Crippen LogP contribution in [-0.2, 0) is 9.53 Å². The topological polar surface area (TPSA) is 38.3 Å². The molecule has 0 spiro atoms. The van der Waals surface area contributed by atoms with Crippen LogP contribution in [0.2, 0.25) is 0 Å². The Bertz CT molecular complexity index is 195. The van der Waals surface area contributed by atoms with Gasteiger partial charge in [-0.1, -0.05) is 6.92 Å². The van der Waals surface area contributed by atoms with Gasteiger partial charge in [-0.25, -0.2) is 0 Å². The maximum absolute atomic E-state index is 11.4. The van der Waals surface area contributed by atoms with Crippen molar-refractivity contribution in [2.75, 3.05) is 19.9 Å². The smallest absolute Gasteiger partial charge is 0.323 e. The highest BCUT2D eigenvalue weighted by atomic mass is 32.2. The fourth-order valence-corrected chi connectivity index (χ4v) is 1.64.